The van der Waals surface area contributed by atoms with Gasteiger partial charge in [-0.2, -0.15) is 0 Å². The summed E-state index contributed by atoms with van der Waals surface area (Å²) in [5.41, 5.74) is 0. The van der Waals surface area contributed by atoms with E-state index in [1.807, 2.05) is 17.5 Å². The number of hydrogen-bond donors (Lipinski definition) is 1. The molecule has 0 saturated heterocycles. The number of thiophene rings is 1. The molecular formula is C13H12N2O4S. The lowest BCUT2D eigenvalue weighted by Gasteiger charge is -2.01. The molecule has 1 N–H and O–H groups in total. The number of aromatic nitrogens is 1. The van der Waals surface area contributed by atoms with Crippen LogP contribution in [-0.4, -0.2) is 23.6 Å². The normalized spacial score (nSPS) is 10.7. The number of anilines is 1. The quantitative estimate of drug-likeness (QED) is 0.675. The molecule has 2 heterocycles. The fraction of sp³-hybridized carbons (Fsp3) is 0.154. The number of hydrogen-bond acceptors (Lipinski definition) is 6. The molecule has 0 saturated carbocycles. The molecule has 2 aromatic rings. The van der Waals surface area contributed by atoms with Gasteiger partial charge >= 0.3 is 5.97 Å². The second-order valence-electron chi connectivity index (χ2n) is 3.83. The molecule has 104 valence electrons. The van der Waals surface area contributed by atoms with Crippen molar-refractivity contribution in [2.45, 2.75) is 6.92 Å². The molecule has 2 aromatic heterocycles. The van der Waals surface area contributed by atoms with Crippen molar-refractivity contribution in [1.82, 2.24) is 5.16 Å². The van der Waals surface area contributed by atoms with Crippen LogP contribution in [-0.2, 0) is 14.3 Å². The molecule has 0 aliphatic rings. The van der Waals surface area contributed by atoms with Crippen molar-refractivity contribution in [3.63, 3.8) is 0 Å². The van der Waals surface area contributed by atoms with E-state index in [9.17, 15) is 9.59 Å². The monoisotopic (exact) mass is 292 g/mol. The summed E-state index contributed by atoms with van der Waals surface area (Å²) in [6.45, 7) is 1.33. The van der Waals surface area contributed by atoms with Gasteiger partial charge < -0.3 is 14.6 Å². The molecule has 0 aliphatic heterocycles. The summed E-state index contributed by atoms with van der Waals surface area (Å²) >= 11 is 1.50. The zero-order valence-electron chi connectivity index (χ0n) is 10.7. The lowest BCUT2D eigenvalue weighted by molar-refractivity contribution is -0.142. The fourth-order valence-corrected chi connectivity index (χ4v) is 1.94. The number of carbonyl (C=O) groups is 2. The minimum Gasteiger partial charge on any atom is -0.452 e. The van der Waals surface area contributed by atoms with Crippen LogP contribution in [0.5, 0.6) is 0 Å². The Morgan fingerprint density at radius 1 is 1.55 bits per heavy atom. The van der Waals surface area contributed by atoms with Gasteiger partial charge in [0.15, 0.2) is 12.4 Å². The maximum atomic E-state index is 11.5. The van der Waals surface area contributed by atoms with Gasteiger partial charge in [-0.25, -0.2) is 4.79 Å². The summed E-state index contributed by atoms with van der Waals surface area (Å²) in [6, 6.07) is 5.31. The van der Waals surface area contributed by atoms with Crippen LogP contribution in [0.2, 0.25) is 0 Å². The number of esters is 1. The molecule has 6 nitrogen and oxygen atoms in total. The standard InChI is InChI=1S/C13H12N2O4S/c1-9-7-11(15-19-9)14-12(16)8-18-13(17)5-4-10-3-2-6-20-10/h2-7H,8H2,1H3,(H,14,15,16). The summed E-state index contributed by atoms with van der Waals surface area (Å²) in [5.74, 6) is -0.185. The predicted molar refractivity (Wildman–Crippen MR) is 74.2 cm³/mol. The highest BCUT2D eigenvalue weighted by Crippen LogP contribution is 2.10. The van der Waals surface area contributed by atoms with Crippen LogP contribution in [0.1, 0.15) is 10.6 Å². The van der Waals surface area contributed by atoms with Crippen LogP contribution in [0.4, 0.5) is 5.82 Å². The third-order valence-electron chi connectivity index (χ3n) is 2.17. The van der Waals surface area contributed by atoms with E-state index in [2.05, 4.69) is 10.5 Å². The van der Waals surface area contributed by atoms with Crippen molar-refractivity contribution in [2.24, 2.45) is 0 Å². The van der Waals surface area contributed by atoms with E-state index >= 15 is 0 Å². The van der Waals surface area contributed by atoms with Gasteiger partial charge in [0.25, 0.3) is 5.91 Å². The van der Waals surface area contributed by atoms with Crippen molar-refractivity contribution >= 4 is 35.1 Å². The Kier molecular flexibility index (Phi) is 4.67. The van der Waals surface area contributed by atoms with E-state index < -0.39 is 11.9 Å². The average molecular weight is 292 g/mol. The topological polar surface area (TPSA) is 81.4 Å². The first-order valence-corrected chi connectivity index (χ1v) is 6.63. The Bertz CT molecular complexity index is 616. The third-order valence-corrected chi connectivity index (χ3v) is 3.01. The van der Waals surface area contributed by atoms with Gasteiger partial charge in [-0.3, -0.25) is 4.79 Å². The number of rotatable bonds is 5. The minimum atomic E-state index is -0.579. The predicted octanol–water partition coefficient (Wildman–Crippen LogP) is 2.24. The molecule has 0 aliphatic carbocycles. The SMILES string of the molecule is Cc1cc(NC(=O)COC(=O)C=Cc2cccs2)no1. The van der Waals surface area contributed by atoms with Gasteiger partial charge in [0, 0.05) is 17.0 Å². The molecule has 0 bridgehead atoms. The first-order chi connectivity index (χ1) is 9.63. The summed E-state index contributed by atoms with van der Waals surface area (Å²) < 4.78 is 9.58. The Morgan fingerprint density at radius 3 is 3.05 bits per heavy atom. The molecule has 20 heavy (non-hydrogen) atoms. The van der Waals surface area contributed by atoms with E-state index in [1.165, 1.54) is 17.4 Å². The van der Waals surface area contributed by atoms with Crippen molar-refractivity contribution in [2.75, 3.05) is 11.9 Å². The molecule has 2 rings (SSSR count). The molecule has 0 fully saturated rings. The van der Waals surface area contributed by atoms with Crippen molar-refractivity contribution in [3.8, 4) is 0 Å². The van der Waals surface area contributed by atoms with Crippen molar-refractivity contribution < 1.29 is 18.8 Å². The van der Waals surface area contributed by atoms with E-state index in [0.29, 0.717) is 5.76 Å². The number of aryl methyl sites for hydroxylation is 1. The van der Waals surface area contributed by atoms with Gasteiger partial charge in [-0.15, -0.1) is 11.3 Å². The largest absolute Gasteiger partial charge is 0.452 e. The van der Waals surface area contributed by atoms with Gasteiger partial charge in [0.2, 0.25) is 0 Å². The van der Waals surface area contributed by atoms with Crippen LogP contribution in [0.25, 0.3) is 6.08 Å². The molecule has 0 atom stereocenters. The highest BCUT2D eigenvalue weighted by atomic mass is 32.1. The van der Waals surface area contributed by atoms with Crippen LogP contribution in [0.15, 0.2) is 34.2 Å². The van der Waals surface area contributed by atoms with Gasteiger partial charge in [-0.05, 0) is 24.4 Å². The van der Waals surface area contributed by atoms with Crippen LogP contribution in [0, 0.1) is 6.92 Å². The maximum Gasteiger partial charge on any atom is 0.331 e. The van der Waals surface area contributed by atoms with Crippen molar-refractivity contribution in [1.29, 1.82) is 0 Å². The molecule has 0 aromatic carbocycles. The zero-order chi connectivity index (χ0) is 14.4. The lowest BCUT2D eigenvalue weighted by atomic mass is 10.4. The molecule has 0 radical (unpaired) electrons. The molecule has 1 amide bonds. The lowest BCUT2D eigenvalue weighted by Crippen LogP contribution is -2.20. The zero-order valence-corrected chi connectivity index (χ0v) is 11.5. The smallest absolute Gasteiger partial charge is 0.331 e. The third kappa shape index (κ3) is 4.36. The second kappa shape index (κ2) is 6.67. The van der Waals surface area contributed by atoms with Gasteiger partial charge in [-0.1, -0.05) is 11.2 Å². The highest BCUT2D eigenvalue weighted by Gasteiger charge is 2.08. The van der Waals surface area contributed by atoms with Gasteiger partial charge in [0.05, 0.1) is 0 Å². The van der Waals surface area contributed by atoms with E-state index in [0.717, 1.165) is 4.88 Å². The summed E-state index contributed by atoms with van der Waals surface area (Å²) in [7, 11) is 0. The Hall–Kier alpha value is -2.41. The maximum absolute atomic E-state index is 11.5. The first kappa shape index (κ1) is 14.0. The number of nitrogens with one attached hydrogen (secondary N) is 1. The molecule has 0 unspecified atom stereocenters. The highest BCUT2D eigenvalue weighted by molar-refractivity contribution is 7.10. The van der Waals surface area contributed by atoms with Crippen LogP contribution < -0.4 is 5.32 Å². The average Bonchev–Trinajstić information content (AvgIpc) is 3.06. The summed E-state index contributed by atoms with van der Waals surface area (Å²) in [6.07, 6.45) is 2.91. The molecule has 7 heteroatoms. The van der Waals surface area contributed by atoms with E-state index in [-0.39, 0.29) is 12.4 Å². The number of nitrogens with zero attached hydrogens (tertiary/aromatic N) is 1. The summed E-state index contributed by atoms with van der Waals surface area (Å²) in [4.78, 5) is 23.8. The first-order valence-electron chi connectivity index (χ1n) is 5.75. The Morgan fingerprint density at radius 2 is 2.40 bits per heavy atom. The summed E-state index contributed by atoms with van der Waals surface area (Å²) in [5, 5.41) is 7.94. The Balaban J connectivity index is 1.74. The number of amides is 1. The number of ether oxygens (including phenoxy) is 1. The van der Waals surface area contributed by atoms with Gasteiger partial charge in [0.1, 0.15) is 5.76 Å². The van der Waals surface area contributed by atoms with E-state index in [4.69, 9.17) is 9.26 Å². The van der Waals surface area contributed by atoms with E-state index in [1.54, 1.807) is 19.1 Å². The number of carbonyl (C=O) groups excluding carboxylic acids is 2. The van der Waals surface area contributed by atoms with Crippen molar-refractivity contribution in [3.05, 3.63) is 40.3 Å². The fourth-order valence-electron chi connectivity index (χ4n) is 1.33. The van der Waals surface area contributed by atoms with Crippen LogP contribution >= 0.6 is 11.3 Å². The Labute approximate surface area is 119 Å². The molecular weight excluding hydrogens is 280 g/mol. The van der Waals surface area contributed by atoms with Crippen LogP contribution in [0.3, 0.4) is 0 Å². The second-order valence-corrected chi connectivity index (χ2v) is 4.81. The molecule has 0 spiro atoms. The minimum absolute atomic E-state index is 0.290.